The number of quaternary nitrogens is 1. The first-order chi connectivity index (χ1) is 12.5. The van der Waals surface area contributed by atoms with Gasteiger partial charge < -0.3 is 25.2 Å². The van der Waals surface area contributed by atoms with Gasteiger partial charge in [-0.15, -0.1) is 0 Å². The molecule has 1 aromatic rings. The Morgan fingerprint density at radius 3 is 2.33 bits per heavy atom. The Bertz CT molecular complexity index is 694. The van der Waals surface area contributed by atoms with Crippen LogP contribution in [0, 0.1) is 5.21 Å². The first-order valence-corrected chi connectivity index (χ1v) is 8.46. The molecule has 11 heteroatoms. The molecule has 0 aliphatic rings. The summed E-state index contributed by atoms with van der Waals surface area (Å²) in [5.74, 6) is -2.89. The van der Waals surface area contributed by atoms with E-state index in [1.807, 2.05) is 0 Å². The summed E-state index contributed by atoms with van der Waals surface area (Å²) in [4.78, 5) is 23.4. The van der Waals surface area contributed by atoms with Crippen LogP contribution in [-0.2, 0) is 4.79 Å². The maximum atomic E-state index is 12.4. The number of carbonyl (C=O) groups excluding carboxylic acids is 2. The molecule has 0 spiro atoms. The van der Waals surface area contributed by atoms with Crippen LogP contribution in [0.5, 0.6) is 5.75 Å². The summed E-state index contributed by atoms with van der Waals surface area (Å²) in [5.41, 5.74) is -0.385. The van der Waals surface area contributed by atoms with Gasteiger partial charge in [-0.2, -0.15) is 13.2 Å². The summed E-state index contributed by atoms with van der Waals surface area (Å²) in [5, 5.41) is 16.1. The first-order valence-electron chi connectivity index (χ1n) is 8.08. The molecule has 1 rings (SSSR count). The molecule has 2 N–H and O–H groups in total. The van der Waals surface area contributed by atoms with Gasteiger partial charge in [-0.25, -0.2) is 0 Å². The molecular formula is C16H21ClF3N3O4. The molecule has 0 aromatic heterocycles. The lowest BCUT2D eigenvalue weighted by atomic mass is 10.1. The number of carbonyl (C=O) groups is 2. The van der Waals surface area contributed by atoms with Gasteiger partial charge in [0.1, 0.15) is 5.75 Å². The molecule has 0 unspecified atom stereocenters. The molecule has 0 fully saturated rings. The van der Waals surface area contributed by atoms with Crippen molar-refractivity contribution in [1.82, 2.24) is 5.32 Å². The van der Waals surface area contributed by atoms with E-state index in [1.165, 1.54) is 7.11 Å². The normalized spacial score (nSPS) is 11.9. The number of halogens is 4. The lowest BCUT2D eigenvalue weighted by Gasteiger charge is -2.41. The monoisotopic (exact) mass is 411 g/mol. The summed E-state index contributed by atoms with van der Waals surface area (Å²) in [6.45, 7) is 4.46. The van der Waals surface area contributed by atoms with Crippen molar-refractivity contribution in [3.05, 3.63) is 27.9 Å². The highest BCUT2D eigenvalue weighted by Gasteiger charge is 2.39. The number of ether oxygens (including phenoxy) is 1. The second kappa shape index (κ2) is 9.25. The largest absolute Gasteiger partial charge is 0.633 e. The van der Waals surface area contributed by atoms with Gasteiger partial charge in [0.25, 0.3) is 5.91 Å². The fourth-order valence-electron chi connectivity index (χ4n) is 2.20. The minimum atomic E-state index is -5.09. The van der Waals surface area contributed by atoms with Crippen LogP contribution in [0.3, 0.4) is 0 Å². The van der Waals surface area contributed by atoms with Crippen molar-refractivity contribution in [3.63, 3.8) is 0 Å². The summed E-state index contributed by atoms with van der Waals surface area (Å²) >= 11 is 5.88. The molecule has 0 heterocycles. The Hall–Kier alpha value is -2.04. The molecule has 0 radical (unpaired) electrons. The molecule has 1 aromatic carbocycles. The Morgan fingerprint density at radius 1 is 1.26 bits per heavy atom. The number of likely N-dealkylation sites (N-methyl/N-ethyl adjacent to an activating group) is 1. The highest BCUT2D eigenvalue weighted by Crippen LogP contribution is 2.32. The highest BCUT2D eigenvalue weighted by atomic mass is 35.5. The van der Waals surface area contributed by atoms with Crippen molar-refractivity contribution in [2.75, 3.05) is 38.6 Å². The quantitative estimate of drug-likeness (QED) is 0.508. The SMILES string of the molecule is CC[N+]([O-])(CC)CCNC(=O)c1cc(Cl)c(NC(=O)C(F)(F)F)cc1OC. The van der Waals surface area contributed by atoms with Crippen LogP contribution in [0.1, 0.15) is 24.2 Å². The minimum absolute atomic E-state index is 0.0375. The van der Waals surface area contributed by atoms with E-state index in [4.69, 9.17) is 16.3 Å². The van der Waals surface area contributed by atoms with E-state index >= 15 is 0 Å². The number of amides is 2. The van der Waals surface area contributed by atoms with E-state index in [2.05, 4.69) is 5.32 Å². The van der Waals surface area contributed by atoms with Crippen molar-refractivity contribution in [2.45, 2.75) is 20.0 Å². The number of benzene rings is 1. The third-order valence-electron chi connectivity index (χ3n) is 4.00. The smallest absolute Gasteiger partial charge is 0.471 e. The standard InChI is InChI=1S/C16H21ClF3N3O4/c1-4-23(26,5-2)7-6-21-14(24)10-8-11(17)12(9-13(10)27-3)22-15(25)16(18,19)20/h8-9H,4-7H2,1-3H3,(H,21,24)(H,22,25). The van der Waals surface area contributed by atoms with E-state index in [-0.39, 0.29) is 35.1 Å². The van der Waals surface area contributed by atoms with Gasteiger partial charge in [-0.05, 0) is 19.9 Å². The van der Waals surface area contributed by atoms with Crippen molar-refractivity contribution < 1.29 is 32.1 Å². The van der Waals surface area contributed by atoms with Gasteiger partial charge in [-0.1, -0.05) is 11.6 Å². The lowest BCUT2D eigenvalue weighted by Crippen LogP contribution is -2.46. The van der Waals surface area contributed by atoms with Crippen LogP contribution in [0.2, 0.25) is 5.02 Å². The van der Waals surface area contributed by atoms with Gasteiger partial charge in [0.2, 0.25) is 0 Å². The van der Waals surface area contributed by atoms with Gasteiger partial charge in [-0.3, -0.25) is 9.59 Å². The molecule has 0 aliphatic carbocycles. The Morgan fingerprint density at radius 2 is 1.85 bits per heavy atom. The van der Waals surface area contributed by atoms with Gasteiger partial charge in [0.05, 0.1) is 49.6 Å². The first kappa shape index (κ1) is 23.0. The highest BCUT2D eigenvalue weighted by molar-refractivity contribution is 6.34. The molecule has 0 atom stereocenters. The average molecular weight is 412 g/mol. The van der Waals surface area contributed by atoms with Crippen molar-refractivity contribution >= 4 is 29.1 Å². The van der Waals surface area contributed by atoms with Crippen LogP contribution < -0.4 is 15.4 Å². The zero-order valence-electron chi connectivity index (χ0n) is 15.1. The summed E-state index contributed by atoms with van der Waals surface area (Å²) in [6, 6.07) is 2.10. The predicted molar refractivity (Wildman–Crippen MR) is 94.6 cm³/mol. The Balaban J connectivity index is 2.94. The maximum Gasteiger partial charge on any atom is 0.471 e. The van der Waals surface area contributed by atoms with Crippen LogP contribution in [0.25, 0.3) is 0 Å². The van der Waals surface area contributed by atoms with E-state index in [0.29, 0.717) is 13.1 Å². The van der Waals surface area contributed by atoms with Gasteiger partial charge in [0, 0.05) is 6.07 Å². The van der Waals surface area contributed by atoms with Crippen LogP contribution in [0.15, 0.2) is 12.1 Å². The zero-order valence-corrected chi connectivity index (χ0v) is 15.8. The topological polar surface area (TPSA) is 90.5 Å². The number of hydrogen-bond acceptors (Lipinski definition) is 4. The number of nitrogens with one attached hydrogen (secondary N) is 2. The fourth-order valence-corrected chi connectivity index (χ4v) is 2.41. The number of rotatable bonds is 8. The van der Waals surface area contributed by atoms with Gasteiger partial charge in [0.15, 0.2) is 0 Å². The Kier molecular flexibility index (Phi) is 7.88. The second-order valence-electron chi connectivity index (χ2n) is 5.65. The van der Waals surface area contributed by atoms with Crippen LogP contribution in [0.4, 0.5) is 18.9 Å². The molecular weight excluding hydrogens is 391 g/mol. The molecule has 152 valence electrons. The summed E-state index contributed by atoms with van der Waals surface area (Å²) < 4.78 is 41.6. The molecule has 27 heavy (non-hydrogen) atoms. The molecule has 0 bridgehead atoms. The van der Waals surface area contributed by atoms with E-state index in [1.54, 1.807) is 19.2 Å². The number of alkyl halides is 3. The fraction of sp³-hybridized carbons (Fsp3) is 0.500. The minimum Gasteiger partial charge on any atom is -0.633 e. The zero-order chi connectivity index (χ0) is 20.8. The predicted octanol–water partition coefficient (Wildman–Crippen LogP) is 2.93. The number of anilines is 1. The number of methoxy groups -OCH3 is 1. The number of hydroxylamine groups is 3. The average Bonchev–Trinajstić information content (AvgIpc) is 2.61. The van der Waals surface area contributed by atoms with Crippen LogP contribution >= 0.6 is 11.6 Å². The third kappa shape index (κ3) is 6.26. The molecule has 7 nitrogen and oxygen atoms in total. The third-order valence-corrected chi connectivity index (χ3v) is 4.31. The molecule has 0 saturated carbocycles. The number of nitrogens with zero attached hydrogens (tertiary/aromatic N) is 1. The summed E-state index contributed by atoms with van der Waals surface area (Å²) in [6.07, 6.45) is -5.09. The van der Waals surface area contributed by atoms with Crippen molar-refractivity contribution in [2.24, 2.45) is 0 Å². The van der Waals surface area contributed by atoms with Gasteiger partial charge >= 0.3 is 12.1 Å². The lowest BCUT2D eigenvalue weighted by molar-refractivity contribution is -0.875. The molecule has 2 amide bonds. The Labute approximate surface area is 159 Å². The van der Waals surface area contributed by atoms with Crippen LogP contribution in [-0.4, -0.2) is 55.9 Å². The maximum absolute atomic E-state index is 12.4. The van der Waals surface area contributed by atoms with Crippen molar-refractivity contribution in [3.8, 4) is 5.75 Å². The molecule has 0 saturated heterocycles. The summed E-state index contributed by atoms with van der Waals surface area (Å²) in [7, 11) is 1.21. The second-order valence-corrected chi connectivity index (χ2v) is 6.06. The van der Waals surface area contributed by atoms with E-state index in [0.717, 1.165) is 12.1 Å². The van der Waals surface area contributed by atoms with E-state index < -0.39 is 22.6 Å². The molecule has 0 aliphatic heterocycles. The van der Waals surface area contributed by atoms with E-state index in [9.17, 15) is 28.0 Å². The number of hydrogen-bond donors (Lipinski definition) is 2. The van der Waals surface area contributed by atoms with Crippen molar-refractivity contribution in [1.29, 1.82) is 0 Å².